The van der Waals surface area contributed by atoms with Crippen molar-refractivity contribution in [3.8, 4) is 5.75 Å². The third kappa shape index (κ3) is 6.32. The van der Waals surface area contributed by atoms with E-state index in [-0.39, 0.29) is 5.56 Å². The predicted molar refractivity (Wildman–Crippen MR) is 103 cm³/mol. The van der Waals surface area contributed by atoms with Crippen molar-refractivity contribution in [2.24, 2.45) is 17.8 Å². The fourth-order valence-corrected chi connectivity index (χ4v) is 5.34. The molecular weight excluding hydrogens is 387 g/mol. The smallest absolute Gasteiger partial charge is 0.422 e. The number of aryl methyl sites for hydroxylation is 1. The third-order valence-corrected chi connectivity index (χ3v) is 6.78. The van der Waals surface area contributed by atoms with E-state index in [0.29, 0.717) is 24.2 Å². The van der Waals surface area contributed by atoms with Crippen LogP contribution < -0.4 is 4.74 Å². The molecule has 0 saturated heterocycles. The van der Waals surface area contributed by atoms with Crippen LogP contribution in [0.5, 0.6) is 5.75 Å². The number of hydrogen-bond acceptors (Lipinski definition) is 1. The monoisotopic (exact) mass is 418 g/mol. The zero-order chi connectivity index (χ0) is 20.9. The van der Waals surface area contributed by atoms with Gasteiger partial charge in [-0.1, -0.05) is 70.3 Å². The van der Waals surface area contributed by atoms with Gasteiger partial charge in [0.1, 0.15) is 0 Å². The molecule has 1 aromatic rings. The largest absolute Gasteiger partial charge is 0.481 e. The average Bonchev–Trinajstić information content (AvgIpc) is 2.71. The van der Waals surface area contributed by atoms with Gasteiger partial charge in [0.25, 0.3) is 0 Å². The van der Waals surface area contributed by atoms with E-state index < -0.39 is 30.2 Å². The van der Waals surface area contributed by atoms with Crippen molar-refractivity contribution in [3.63, 3.8) is 0 Å². The van der Waals surface area contributed by atoms with Crippen molar-refractivity contribution in [2.75, 3.05) is 6.61 Å². The molecule has 2 fully saturated rings. The van der Waals surface area contributed by atoms with Crippen LogP contribution in [0, 0.1) is 29.4 Å². The zero-order valence-corrected chi connectivity index (χ0v) is 16.9. The van der Waals surface area contributed by atoms with E-state index in [1.165, 1.54) is 70.3 Å². The highest BCUT2D eigenvalue weighted by molar-refractivity contribution is 5.31. The lowest BCUT2D eigenvalue weighted by Gasteiger charge is -2.38. The van der Waals surface area contributed by atoms with Gasteiger partial charge in [-0.2, -0.15) is 17.6 Å². The zero-order valence-electron chi connectivity index (χ0n) is 16.9. The Morgan fingerprint density at radius 1 is 0.828 bits per heavy atom. The summed E-state index contributed by atoms with van der Waals surface area (Å²) in [5.74, 6) is -1.23. The first-order chi connectivity index (χ1) is 13.8. The van der Waals surface area contributed by atoms with E-state index >= 15 is 0 Å². The standard InChI is InChI=1S/C23H31F5O/c24-21-18(12-14-20(22(21)25)29-15-23(26,27)28)11-13-19(16-7-3-1-4-8-16)17-9-5-2-6-10-17/h12,14,16-17,19H,1-11,13,15H2. The minimum atomic E-state index is -4.59. The lowest BCUT2D eigenvalue weighted by atomic mass is 9.68. The fourth-order valence-electron chi connectivity index (χ4n) is 5.34. The summed E-state index contributed by atoms with van der Waals surface area (Å²) >= 11 is 0. The highest BCUT2D eigenvalue weighted by Gasteiger charge is 2.32. The number of rotatable bonds is 7. The SMILES string of the molecule is Fc1c(CCC(C2CCCCC2)C2CCCCC2)ccc(OCC(F)(F)F)c1F. The maximum atomic E-state index is 14.5. The number of hydrogen-bond donors (Lipinski definition) is 0. The lowest BCUT2D eigenvalue weighted by Crippen LogP contribution is -2.28. The van der Waals surface area contributed by atoms with Crippen molar-refractivity contribution in [2.45, 2.75) is 83.2 Å². The van der Waals surface area contributed by atoms with E-state index in [0.717, 1.165) is 12.5 Å². The van der Waals surface area contributed by atoms with Gasteiger partial charge in [-0.25, -0.2) is 4.39 Å². The Labute approximate surface area is 170 Å². The second-order valence-electron chi connectivity index (χ2n) is 8.75. The van der Waals surface area contributed by atoms with Crippen LogP contribution in [-0.2, 0) is 6.42 Å². The number of alkyl halides is 3. The molecule has 0 N–H and O–H groups in total. The highest BCUT2D eigenvalue weighted by atomic mass is 19.4. The molecule has 164 valence electrons. The van der Waals surface area contributed by atoms with Crippen molar-refractivity contribution in [3.05, 3.63) is 29.3 Å². The molecule has 0 unspecified atom stereocenters. The maximum Gasteiger partial charge on any atom is 0.422 e. The van der Waals surface area contributed by atoms with Crippen LogP contribution in [0.15, 0.2) is 12.1 Å². The van der Waals surface area contributed by atoms with Crippen LogP contribution in [0.1, 0.15) is 76.2 Å². The summed E-state index contributed by atoms with van der Waals surface area (Å²) in [4.78, 5) is 0. The Hall–Kier alpha value is -1.33. The van der Waals surface area contributed by atoms with Gasteiger partial charge in [-0.05, 0) is 42.2 Å². The molecule has 0 heterocycles. The topological polar surface area (TPSA) is 9.23 Å². The van der Waals surface area contributed by atoms with Crippen molar-refractivity contribution < 1.29 is 26.7 Å². The molecule has 0 bridgehead atoms. The van der Waals surface area contributed by atoms with Gasteiger partial charge in [-0.15, -0.1) is 0 Å². The first-order valence-electron chi connectivity index (χ1n) is 11.0. The molecule has 0 radical (unpaired) electrons. The fraction of sp³-hybridized carbons (Fsp3) is 0.739. The van der Waals surface area contributed by atoms with Crippen molar-refractivity contribution in [1.82, 2.24) is 0 Å². The Balaban J connectivity index is 1.67. The molecular formula is C23H31F5O. The molecule has 29 heavy (non-hydrogen) atoms. The van der Waals surface area contributed by atoms with Gasteiger partial charge in [0, 0.05) is 0 Å². The highest BCUT2D eigenvalue weighted by Crippen LogP contribution is 2.42. The van der Waals surface area contributed by atoms with Crippen molar-refractivity contribution >= 4 is 0 Å². The quantitative estimate of drug-likeness (QED) is 0.414. The third-order valence-electron chi connectivity index (χ3n) is 6.78. The van der Waals surface area contributed by atoms with Crippen LogP contribution in [-0.4, -0.2) is 12.8 Å². The summed E-state index contributed by atoms with van der Waals surface area (Å²) in [6, 6.07) is 2.50. The van der Waals surface area contributed by atoms with Crippen LogP contribution in [0.2, 0.25) is 0 Å². The molecule has 0 spiro atoms. The summed E-state index contributed by atoms with van der Waals surface area (Å²) in [6.07, 6.45) is 9.12. The van der Waals surface area contributed by atoms with Gasteiger partial charge in [0.15, 0.2) is 18.2 Å². The maximum absolute atomic E-state index is 14.5. The van der Waals surface area contributed by atoms with Crippen molar-refractivity contribution in [1.29, 1.82) is 0 Å². The van der Waals surface area contributed by atoms with E-state index in [9.17, 15) is 22.0 Å². The Bertz CT molecular complexity index is 627. The Morgan fingerprint density at radius 3 is 1.90 bits per heavy atom. The van der Waals surface area contributed by atoms with E-state index in [1.807, 2.05) is 0 Å². The first-order valence-corrected chi connectivity index (χ1v) is 11.0. The molecule has 2 saturated carbocycles. The van der Waals surface area contributed by atoms with Crippen LogP contribution in [0.25, 0.3) is 0 Å². The van der Waals surface area contributed by atoms with E-state index in [4.69, 9.17) is 0 Å². The summed E-state index contributed by atoms with van der Waals surface area (Å²) < 4.78 is 69.9. The van der Waals surface area contributed by atoms with Gasteiger partial charge >= 0.3 is 6.18 Å². The Kier molecular flexibility index (Phi) is 7.80. The Morgan fingerprint density at radius 2 is 1.38 bits per heavy atom. The second-order valence-corrected chi connectivity index (χ2v) is 8.75. The average molecular weight is 418 g/mol. The van der Waals surface area contributed by atoms with Gasteiger partial charge in [-0.3, -0.25) is 0 Å². The minimum absolute atomic E-state index is 0.235. The van der Waals surface area contributed by atoms with Gasteiger partial charge in [0.2, 0.25) is 5.82 Å². The summed E-state index contributed by atoms with van der Waals surface area (Å²) in [5.41, 5.74) is 0.235. The molecule has 0 amide bonds. The first kappa shape index (κ1) is 22.4. The van der Waals surface area contributed by atoms with Gasteiger partial charge < -0.3 is 4.74 Å². The normalized spacial score (nSPS) is 19.7. The van der Waals surface area contributed by atoms with Crippen LogP contribution >= 0.6 is 0 Å². The molecule has 6 heteroatoms. The lowest BCUT2D eigenvalue weighted by molar-refractivity contribution is -0.153. The summed E-state index contributed by atoms with van der Waals surface area (Å²) in [5, 5.41) is 0. The molecule has 1 aromatic carbocycles. The van der Waals surface area contributed by atoms with Crippen LogP contribution in [0.3, 0.4) is 0 Å². The number of ether oxygens (including phenoxy) is 1. The summed E-state index contributed by atoms with van der Waals surface area (Å²) in [6.45, 7) is -1.63. The number of halogens is 5. The molecule has 3 rings (SSSR count). The van der Waals surface area contributed by atoms with Crippen LogP contribution in [0.4, 0.5) is 22.0 Å². The minimum Gasteiger partial charge on any atom is -0.481 e. The predicted octanol–water partition coefficient (Wildman–Crippen LogP) is 7.62. The molecule has 0 aromatic heterocycles. The molecule has 2 aliphatic carbocycles. The van der Waals surface area contributed by atoms with E-state index in [2.05, 4.69) is 4.74 Å². The number of benzene rings is 1. The van der Waals surface area contributed by atoms with Gasteiger partial charge in [0.05, 0.1) is 0 Å². The molecule has 0 aliphatic heterocycles. The molecule has 0 atom stereocenters. The second kappa shape index (κ2) is 10.1. The van der Waals surface area contributed by atoms with E-state index in [1.54, 1.807) is 0 Å². The molecule has 1 nitrogen and oxygen atoms in total. The summed E-state index contributed by atoms with van der Waals surface area (Å²) in [7, 11) is 0. The molecule has 2 aliphatic rings.